The van der Waals surface area contributed by atoms with E-state index in [1.54, 1.807) is 29.2 Å². The van der Waals surface area contributed by atoms with Gasteiger partial charge >= 0.3 is 12.1 Å². The largest absolute Gasteiger partial charge is 0.470 e. The number of piperidine rings is 1. The van der Waals surface area contributed by atoms with E-state index < -0.39 is 12.1 Å². The molecule has 2 aromatic rings. The minimum atomic E-state index is -4.64. The third-order valence-electron chi connectivity index (χ3n) is 4.15. The van der Waals surface area contributed by atoms with Gasteiger partial charge in [0.25, 0.3) is 0 Å². The van der Waals surface area contributed by atoms with Crippen LogP contribution in [0.2, 0.25) is 5.02 Å². The van der Waals surface area contributed by atoms with Gasteiger partial charge in [-0.15, -0.1) is 10.2 Å². The van der Waals surface area contributed by atoms with Gasteiger partial charge in [-0.2, -0.15) is 13.2 Å². The first-order valence-corrected chi connectivity index (χ1v) is 8.13. The molecule has 1 fully saturated rings. The van der Waals surface area contributed by atoms with Gasteiger partial charge in [-0.05, 0) is 30.5 Å². The molecule has 1 aromatic heterocycles. The number of halogens is 4. The Balaban J connectivity index is 1.55. The Bertz CT molecular complexity index is 738. The minimum Gasteiger partial charge on any atom is -0.417 e. The molecule has 0 spiro atoms. The molecule has 0 aliphatic carbocycles. The van der Waals surface area contributed by atoms with Crippen LogP contribution in [-0.4, -0.2) is 34.1 Å². The SMILES string of the molecule is O=C(Cc1ccc(Cl)cc1)N1CCC(c2nnc(C(F)(F)F)o2)CC1. The summed E-state index contributed by atoms with van der Waals surface area (Å²) in [5, 5.41) is 7.15. The summed E-state index contributed by atoms with van der Waals surface area (Å²) in [6.07, 6.45) is -3.39. The maximum Gasteiger partial charge on any atom is 0.470 e. The quantitative estimate of drug-likeness (QED) is 0.823. The summed E-state index contributed by atoms with van der Waals surface area (Å²) in [5.74, 6) is -1.63. The fourth-order valence-corrected chi connectivity index (χ4v) is 2.90. The van der Waals surface area contributed by atoms with Gasteiger partial charge in [0.1, 0.15) is 0 Å². The highest BCUT2D eigenvalue weighted by Crippen LogP contribution is 2.32. The van der Waals surface area contributed by atoms with Crippen molar-refractivity contribution in [2.45, 2.75) is 31.4 Å². The van der Waals surface area contributed by atoms with E-state index in [1.807, 2.05) is 0 Å². The van der Waals surface area contributed by atoms with Crippen molar-refractivity contribution >= 4 is 17.5 Å². The second kappa shape index (κ2) is 7.03. The molecule has 25 heavy (non-hydrogen) atoms. The van der Waals surface area contributed by atoms with Crippen molar-refractivity contribution in [3.63, 3.8) is 0 Å². The molecule has 3 rings (SSSR count). The number of hydrogen-bond acceptors (Lipinski definition) is 4. The van der Waals surface area contributed by atoms with E-state index >= 15 is 0 Å². The maximum absolute atomic E-state index is 12.5. The van der Waals surface area contributed by atoms with Gasteiger partial charge in [0.2, 0.25) is 11.8 Å². The lowest BCUT2D eigenvalue weighted by atomic mass is 9.96. The van der Waals surface area contributed by atoms with Crippen molar-refractivity contribution < 1.29 is 22.4 Å². The third-order valence-corrected chi connectivity index (χ3v) is 4.40. The molecular weight excluding hydrogens is 359 g/mol. The van der Waals surface area contributed by atoms with Gasteiger partial charge in [-0.1, -0.05) is 23.7 Å². The summed E-state index contributed by atoms with van der Waals surface area (Å²) in [4.78, 5) is 14.0. The number of carbonyl (C=O) groups excluding carboxylic acids is 1. The molecule has 0 N–H and O–H groups in total. The zero-order valence-electron chi connectivity index (χ0n) is 13.1. The summed E-state index contributed by atoms with van der Waals surface area (Å²) in [6.45, 7) is 0.891. The van der Waals surface area contributed by atoms with E-state index in [-0.39, 0.29) is 24.1 Å². The molecular formula is C16H15ClF3N3O2. The van der Waals surface area contributed by atoms with Crippen LogP contribution in [0, 0.1) is 0 Å². The lowest BCUT2D eigenvalue weighted by Gasteiger charge is -2.30. The molecule has 0 saturated carbocycles. The Labute approximate surface area is 146 Å². The Kier molecular flexibility index (Phi) is 4.99. The van der Waals surface area contributed by atoms with Crippen molar-refractivity contribution in [3.8, 4) is 0 Å². The average molecular weight is 374 g/mol. The van der Waals surface area contributed by atoms with Crippen molar-refractivity contribution in [3.05, 3.63) is 46.6 Å². The number of aromatic nitrogens is 2. The summed E-state index contributed by atoms with van der Waals surface area (Å²) in [7, 11) is 0. The molecule has 5 nitrogen and oxygen atoms in total. The lowest BCUT2D eigenvalue weighted by Crippen LogP contribution is -2.38. The van der Waals surface area contributed by atoms with Crippen LogP contribution in [0.4, 0.5) is 13.2 Å². The van der Waals surface area contributed by atoms with E-state index in [4.69, 9.17) is 16.0 Å². The normalized spacial score (nSPS) is 16.2. The Morgan fingerprint density at radius 1 is 1.20 bits per heavy atom. The van der Waals surface area contributed by atoms with Crippen LogP contribution in [-0.2, 0) is 17.4 Å². The highest BCUT2D eigenvalue weighted by molar-refractivity contribution is 6.30. The highest BCUT2D eigenvalue weighted by atomic mass is 35.5. The molecule has 0 radical (unpaired) electrons. The van der Waals surface area contributed by atoms with E-state index in [9.17, 15) is 18.0 Å². The van der Waals surface area contributed by atoms with Crippen molar-refractivity contribution in [1.82, 2.24) is 15.1 Å². The number of amides is 1. The second-order valence-corrected chi connectivity index (χ2v) is 6.34. The van der Waals surface area contributed by atoms with Crippen LogP contribution >= 0.6 is 11.6 Å². The van der Waals surface area contributed by atoms with Crippen LogP contribution in [0.3, 0.4) is 0 Å². The number of hydrogen-bond donors (Lipinski definition) is 0. The second-order valence-electron chi connectivity index (χ2n) is 5.90. The molecule has 9 heteroatoms. The van der Waals surface area contributed by atoms with Crippen molar-refractivity contribution in [2.75, 3.05) is 13.1 Å². The predicted molar refractivity (Wildman–Crippen MR) is 83.0 cm³/mol. The Hall–Kier alpha value is -2.09. The molecule has 134 valence electrons. The molecule has 0 atom stereocenters. The average Bonchev–Trinajstić information content (AvgIpc) is 3.07. The van der Waals surface area contributed by atoms with Crippen LogP contribution in [0.15, 0.2) is 28.7 Å². The fourth-order valence-electron chi connectivity index (χ4n) is 2.78. The van der Waals surface area contributed by atoms with E-state index in [2.05, 4.69) is 10.2 Å². The first-order chi connectivity index (χ1) is 11.8. The van der Waals surface area contributed by atoms with Crippen LogP contribution < -0.4 is 0 Å². The van der Waals surface area contributed by atoms with E-state index in [0.29, 0.717) is 31.0 Å². The Morgan fingerprint density at radius 3 is 2.40 bits per heavy atom. The molecule has 1 saturated heterocycles. The van der Waals surface area contributed by atoms with E-state index in [0.717, 1.165) is 5.56 Å². The predicted octanol–water partition coefficient (Wildman–Crippen LogP) is 3.69. The van der Waals surface area contributed by atoms with Crippen LogP contribution in [0.1, 0.15) is 36.1 Å². The molecule has 1 aromatic carbocycles. The smallest absolute Gasteiger partial charge is 0.417 e. The summed E-state index contributed by atoms with van der Waals surface area (Å²) in [5.41, 5.74) is 0.864. The molecule has 1 aliphatic rings. The van der Waals surface area contributed by atoms with Gasteiger partial charge in [0, 0.05) is 24.0 Å². The molecule has 1 amide bonds. The zero-order chi connectivity index (χ0) is 18.0. The van der Waals surface area contributed by atoms with E-state index in [1.165, 1.54) is 0 Å². The standard InChI is InChI=1S/C16H15ClF3N3O2/c17-12-3-1-10(2-4-12)9-13(24)23-7-5-11(6-8-23)14-21-22-15(25-14)16(18,19)20/h1-4,11H,5-9H2. The number of nitrogens with zero attached hydrogens (tertiary/aromatic N) is 3. The zero-order valence-corrected chi connectivity index (χ0v) is 13.8. The Morgan fingerprint density at radius 2 is 1.84 bits per heavy atom. The molecule has 0 bridgehead atoms. The first kappa shape index (κ1) is 17.7. The number of carbonyl (C=O) groups is 1. The summed E-state index contributed by atoms with van der Waals surface area (Å²) >= 11 is 5.82. The number of rotatable bonds is 3. The van der Waals surface area contributed by atoms with Gasteiger partial charge in [-0.3, -0.25) is 4.79 Å². The van der Waals surface area contributed by atoms with Crippen molar-refractivity contribution in [1.29, 1.82) is 0 Å². The highest BCUT2D eigenvalue weighted by Gasteiger charge is 2.39. The van der Waals surface area contributed by atoms with Gasteiger partial charge in [0.15, 0.2) is 0 Å². The monoisotopic (exact) mass is 373 g/mol. The molecule has 1 aliphatic heterocycles. The van der Waals surface area contributed by atoms with Crippen molar-refractivity contribution in [2.24, 2.45) is 0 Å². The molecule has 2 heterocycles. The number of alkyl halides is 3. The topological polar surface area (TPSA) is 59.2 Å². The molecule has 0 unspecified atom stereocenters. The number of benzene rings is 1. The van der Waals surface area contributed by atoms with Crippen LogP contribution in [0.5, 0.6) is 0 Å². The first-order valence-electron chi connectivity index (χ1n) is 7.76. The lowest BCUT2D eigenvalue weighted by molar-refractivity contribution is -0.157. The third kappa shape index (κ3) is 4.31. The van der Waals surface area contributed by atoms with Gasteiger partial charge in [-0.25, -0.2) is 0 Å². The maximum atomic E-state index is 12.5. The number of likely N-dealkylation sites (tertiary alicyclic amines) is 1. The van der Waals surface area contributed by atoms with Crippen LogP contribution in [0.25, 0.3) is 0 Å². The minimum absolute atomic E-state index is 0.0166. The fraction of sp³-hybridized carbons (Fsp3) is 0.438. The van der Waals surface area contributed by atoms with Gasteiger partial charge in [0.05, 0.1) is 6.42 Å². The summed E-state index contributed by atoms with van der Waals surface area (Å²) in [6, 6.07) is 7.04. The summed E-state index contributed by atoms with van der Waals surface area (Å²) < 4.78 is 42.3. The van der Waals surface area contributed by atoms with Gasteiger partial charge < -0.3 is 9.32 Å².